The number of aryl methyl sites for hydroxylation is 1. The molecule has 1 rings (SSSR count). The Morgan fingerprint density at radius 2 is 2.24 bits per heavy atom. The van der Waals surface area contributed by atoms with E-state index in [1.165, 1.54) is 5.56 Å². The molecule has 94 valence electrons. The normalized spacial score (nSPS) is 12.2. The number of hydrogen-bond donors (Lipinski definition) is 2. The van der Waals surface area contributed by atoms with Crippen molar-refractivity contribution in [3.63, 3.8) is 0 Å². The van der Waals surface area contributed by atoms with Crippen LogP contribution in [0.4, 0.5) is 0 Å². The molecule has 0 radical (unpaired) electrons. The number of benzene rings is 1. The lowest BCUT2D eigenvalue weighted by atomic mass is 10.1. The molecule has 0 aliphatic rings. The van der Waals surface area contributed by atoms with Gasteiger partial charge in [-0.2, -0.15) is 0 Å². The van der Waals surface area contributed by atoms with Crippen molar-refractivity contribution in [2.75, 3.05) is 7.11 Å². The van der Waals surface area contributed by atoms with Gasteiger partial charge in [0.1, 0.15) is 5.75 Å². The van der Waals surface area contributed by atoms with Crippen LogP contribution >= 0.6 is 0 Å². The molecule has 0 saturated heterocycles. The molecule has 1 atom stereocenters. The van der Waals surface area contributed by atoms with Gasteiger partial charge in [-0.3, -0.25) is 4.79 Å². The highest BCUT2D eigenvalue weighted by molar-refractivity contribution is 5.74. The third kappa shape index (κ3) is 4.44. The Labute approximate surface area is 102 Å². The lowest BCUT2D eigenvalue weighted by molar-refractivity contribution is -0.118. The van der Waals surface area contributed by atoms with Crippen LogP contribution in [0.5, 0.6) is 5.75 Å². The van der Waals surface area contributed by atoms with E-state index in [4.69, 9.17) is 10.5 Å². The van der Waals surface area contributed by atoms with Gasteiger partial charge < -0.3 is 15.8 Å². The quantitative estimate of drug-likeness (QED) is 0.783. The fourth-order valence-electron chi connectivity index (χ4n) is 1.70. The van der Waals surface area contributed by atoms with Crippen molar-refractivity contribution in [3.8, 4) is 5.75 Å². The zero-order valence-electron chi connectivity index (χ0n) is 10.6. The molecule has 0 aromatic heterocycles. The molecule has 0 aliphatic carbocycles. The highest BCUT2D eigenvalue weighted by Crippen LogP contribution is 2.19. The molecule has 3 N–H and O–H groups in total. The first-order chi connectivity index (χ1) is 8.02. The Kier molecular flexibility index (Phi) is 4.97. The minimum absolute atomic E-state index is 0.0673. The first-order valence-electron chi connectivity index (χ1n) is 5.68. The number of carbonyl (C=O) groups is 1. The standard InChI is InChI=1S/C13H20N2O2/c1-9-4-5-12(17-3)11(6-9)8-15-10(2)7-13(14)16/h4-6,10,15H,7-8H2,1-3H3,(H2,14,16). The van der Waals surface area contributed by atoms with Gasteiger partial charge in [-0.05, 0) is 19.9 Å². The molecule has 0 fully saturated rings. The van der Waals surface area contributed by atoms with Gasteiger partial charge in [-0.25, -0.2) is 0 Å². The molecular weight excluding hydrogens is 216 g/mol. The van der Waals surface area contributed by atoms with Crippen LogP contribution in [0.25, 0.3) is 0 Å². The Balaban J connectivity index is 2.61. The van der Waals surface area contributed by atoms with Crippen LogP contribution in [0.3, 0.4) is 0 Å². The fourth-order valence-corrected chi connectivity index (χ4v) is 1.70. The molecule has 0 heterocycles. The number of ether oxygens (including phenoxy) is 1. The fraction of sp³-hybridized carbons (Fsp3) is 0.462. The summed E-state index contributed by atoms with van der Waals surface area (Å²) in [5.74, 6) is 0.565. The maximum absolute atomic E-state index is 10.8. The number of nitrogens with one attached hydrogen (secondary N) is 1. The summed E-state index contributed by atoms with van der Waals surface area (Å²) in [4.78, 5) is 10.8. The number of hydrogen-bond acceptors (Lipinski definition) is 3. The van der Waals surface area contributed by atoms with E-state index in [9.17, 15) is 4.79 Å². The average Bonchev–Trinajstić information content (AvgIpc) is 2.25. The van der Waals surface area contributed by atoms with E-state index in [0.29, 0.717) is 13.0 Å². The molecule has 1 amide bonds. The molecular formula is C13H20N2O2. The Hall–Kier alpha value is -1.55. The molecule has 0 aliphatic heterocycles. The van der Waals surface area contributed by atoms with Crippen molar-refractivity contribution in [1.82, 2.24) is 5.32 Å². The minimum atomic E-state index is -0.291. The number of primary amides is 1. The summed E-state index contributed by atoms with van der Waals surface area (Å²) in [5.41, 5.74) is 7.41. The molecule has 0 spiro atoms. The van der Waals surface area contributed by atoms with E-state index in [2.05, 4.69) is 11.4 Å². The maximum Gasteiger partial charge on any atom is 0.218 e. The summed E-state index contributed by atoms with van der Waals surface area (Å²) in [5, 5.41) is 3.25. The predicted molar refractivity (Wildman–Crippen MR) is 67.8 cm³/mol. The van der Waals surface area contributed by atoms with E-state index in [1.807, 2.05) is 26.0 Å². The van der Waals surface area contributed by atoms with Crippen molar-refractivity contribution < 1.29 is 9.53 Å². The molecule has 17 heavy (non-hydrogen) atoms. The van der Waals surface area contributed by atoms with Gasteiger partial charge in [0.25, 0.3) is 0 Å². The summed E-state index contributed by atoms with van der Waals surface area (Å²) < 4.78 is 5.28. The van der Waals surface area contributed by atoms with Gasteiger partial charge in [-0.1, -0.05) is 17.7 Å². The molecule has 4 heteroatoms. The van der Waals surface area contributed by atoms with E-state index in [0.717, 1.165) is 11.3 Å². The second-order valence-electron chi connectivity index (χ2n) is 4.27. The second kappa shape index (κ2) is 6.25. The third-order valence-electron chi connectivity index (χ3n) is 2.58. The average molecular weight is 236 g/mol. The first-order valence-corrected chi connectivity index (χ1v) is 5.68. The number of nitrogens with two attached hydrogens (primary N) is 1. The number of rotatable bonds is 6. The minimum Gasteiger partial charge on any atom is -0.496 e. The molecule has 1 unspecified atom stereocenters. The molecule has 1 aromatic carbocycles. The van der Waals surface area contributed by atoms with Crippen LogP contribution in [-0.2, 0) is 11.3 Å². The van der Waals surface area contributed by atoms with Crippen LogP contribution in [0.2, 0.25) is 0 Å². The zero-order valence-corrected chi connectivity index (χ0v) is 10.6. The topological polar surface area (TPSA) is 64.3 Å². The van der Waals surface area contributed by atoms with Crippen molar-refractivity contribution in [1.29, 1.82) is 0 Å². The molecule has 0 saturated carbocycles. The summed E-state index contributed by atoms with van der Waals surface area (Å²) in [6.45, 7) is 4.64. The molecule has 1 aromatic rings. The first kappa shape index (κ1) is 13.5. The van der Waals surface area contributed by atoms with E-state index in [-0.39, 0.29) is 11.9 Å². The summed E-state index contributed by atoms with van der Waals surface area (Å²) >= 11 is 0. The Morgan fingerprint density at radius 1 is 1.53 bits per heavy atom. The number of methoxy groups -OCH3 is 1. The number of amides is 1. The van der Waals surface area contributed by atoms with Crippen LogP contribution in [0.15, 0.2) is 18.2 Å². The Bertz CT molecular complexity index is 391. The smallest absolute Gasteiger partial charge is 0.218 e. The predicted octanol–water partition coefficient (Wildman–Crippen LogP) is 1.36. The summed E-state index contributed by atoms with van der Waals surface area (Å²) in [7, 11) is 1.65. The number of carbonyl (C=O) groups excluding carboxylic acids is 1. The van der Waals surface area contributed by atoms with Gasteiger partial charge >= 0.3 is 0 Å². The molecule has 0 bridgehead atoms. The van der Waals surface area contributed by atoms with Gasteiger partial charge in [0.15, 0.2) is 0 Å². The lowest BCUT2D eigenvalue weighted by Crippen LogP contribution is -2.30. The monoisotopic (exact) mass is 236 g/mol. The largest absolute Gasteiger partial charge is 0.496 e. The van der Waals surface area contributed by atoms with Crippen LogP contribution in [0, 0.1) is 6.92 Å². The van der Waals surface area contributed by atoms with Crippen LogP contribution < -0.4 is 15.8 Å². The van der Waals surface area contributed by atoms with Gasteiger partial charge in [0.05, 0.1) is 7.11 Å². The van der Waals surface area contributed by atoms with Crippen molar-refractivity contribution in [3.05, 3.63) is 29.3 Å². The van der Waals surface area contributed by atoms with E-state index in [1.54, 1.807) is 7.11 Å². The summed E-state index contributed by atoms with van der Waals surface area (Å²) in [6.07, 6.45) is 0.341. The lowest BCUT2D eigenvalue weighted by Gasteiger charge is -2.14. The van der Waals surface area contributed by atoms with Gasteiger partial charge in [0.2, 0.25) is 5.91 Å². The summed E-state index contributed by atoms with van der Waals surface area (Å²) in [6, 6.07) is 6.10. The van der Waals surface area contributed by atoms with E-state index >= 15 is 0 Å². The van der Waals surface area contributed by atoms with Crippen molar-refractivity contribution in [2.45, 2.75) is 32.9 Å². The van der Waals surface area contributed by atoms with Crippen molar-refractivity contribution in [2.24, 2.45) is 5.73 Å². The second-order valence-corrected chi connectivity index (χ2v) is 4.27. The van der Waals surface area contributed by atoms with Crippen LogP contribution in [-0.4, -0.2) is 19.1 Å². The van der Waals surface area contributed by atoms with Gasteiger partial charge in [0, 0.05) is 24.6 Å². The maximum atomic E-state index is 10.8. The van der Waals surface area contributed by atoms with E-state index < -0.39 is 0 Å². The third-order valence-corrected chi connectivity index (χ3v) is 2.58. The van der Waals surface area contributed by atoms with Gasteiger partial charge in [-0.15, -0.1) is 0 Å². The highest BCUT2D eigenvalue weighted by atomic mass is 16.5. The van der Waals surface area contributed by atoms with Crippen LogP contribution in [0.1, 0.15) is 24.5 Å². The highest BCUT2D eigenvalue weighted by Gasteiger charge is 2.07. The molecule has 4 nitrogen and oxygen atoms in total. The zero-order chi connectivity index (χ0) is 12.8. The SMILES string of the molecule is COc1ccc(C)cc1CNC(C)CC(N)=O. The Morgan fingerprint density at radius 3 is 2.82 bits per heavy atom. The van der Waals surface area contributed by atoms with Crippen molar-refractivity contribution >= 4 is 5.91 Å².